The van der Waals surface area contributed by atoms with E-state index in [-0.39, 0.29) is 24.4 Å². The minimum absolute atomic E-state index is 0.191. The fourth-order valence-electron chi connectivity index (χ4n) is 3.66. The van der Waals surface area contributed by atoms with Gasteiger partial charge >= 0.3 is 6.03 Å². The first-order chi connectivity index (χ1) is 14.0. The molecular weight excluding hydrogens is 406 g/mol. The number of nitrogens with zero attached hydrogens (tertiary/aromatic N) is 3. The molecule has 1 aromatic rings. The van der Waals surface area contributed by atoms with Crippen LogP contribution in [0, 0.1) is 0 Å². The molecule has 0 fully saturated rings. The Kier molecular flexibility index (Phi) is 6.10. The van der Waals surface area contributed by atoms with E-state index in [1.165, 1.54) is 9.80 Å². The molecule has 0 aromatic heterocycles. The Morgan fingerprint density at radius 3 is 2.50 bits per heavy atom. The molecule has 2 aliphatic rings. The number of hydrogen-bond donors (Lipinski definition) is 2. The first-order valence-corrected chi connectivity index (χ1v) is 10.2. The molecule has 3 rings (SSSR count). The molecule has 30 heavy (non-hydrogen) atoms. The van der Waals surface area contributed by atoms with Gasteiger partial charge in [0.05, 0.1) is 23.9 Å². The second kappa shape index (κ2) is 8.28. The van der Waals surface area contributed by atoms with Crippen LogP contribution in [0.25, 0.3) is 0 Å². The molecular formula is C21H28ClN5O3. The van der Waals surface area contributed by atoms with E-state index in [0.717, 1.165) is 5.56 Å². The van der Waals surface area contributed by atoms with E-state index in [9.17, 15) is 14.4 Å². The molecule has 0 saturated carbocycles. The highest BCUT2D eigenvalue weighted by molar-refractivity contribution is 6.30. The van der Waals surface area contributed by atoms with Gasteiger partial charge in [0.25, 0.3) is 5.91 Å². The van der Waals surface area contributed by atoms with Crippen LogP contribution in [-0.2, 0) is 9.59 Å². The topological polar surface area (TPSA) is 85.0 Å². The highest BCUT2D eigenvalue weighted by Crippen LogP contribution is 2.38. The van der Waals surface area contributed by atoms with Gasteiger partial charge in [-0.25, -0.2) is 4.79 Å². The quantitative estimate of drug-likeness (QED) is 0.713. The minimum atomic E-state index is -1.07. The molecule has 162 valence electrons. The van der Waals surface area contributed by atoms with Crippen molar-refractivity contribution in [1.82, 2.24) is 25.3 Å². The summed E-state index contributed by atoms with van der Waals surface area (Å²) < 4.78 is 0. The fourth-order valence-corrected chi connectivity index (χ4v) is 3.78. The lowest BCUT2D eigenvalue weighted by atomic mass is 9.95. The third kappa shape index (κ3) is 4.02. The predicted octanol–water partition coefficient (Wildman–Crippen LogP) is 1.59. The van der Waals surface area contributed by atoms with Gasteiger partial charge in [-0.15, -0.1) is 0 Å². The monoisotopic (exact) mass is 433 g/mol. The third-order valence-corrected chi connectivity index (χ3v) is 5.89. The maximum Gasteiger partial charge on any atom is 0.322 e. The molecule has 2 aliphatic heterocycles. The van der Waals surface area contributed by atoms with E-state index in [1.807, 2.05) is 19.0 Å². The molecule has 0 aliphatic carbocycles. The lowest BCUT2D eigenvalue weighted by Crippen LogP contribution is -2.56. The van der Waals surface area contributed by atoms with E-state index in [4.69, 9.17) is 11.6 Å². The minimum Gasteiger partial charge on any atom is -0.353 e. The summed E-state index contributed by atoms with van der Waals surface area (Å²) in [5.74, 6) is -0.493. The second-order valence-corrected chi connectivity index (χ2v) is 8.80. The molecule has 9 heteroatoms. The maximum absolute atomic E-state index is 13.5. The van der Waals surface area contributed by atoms with E-state index in [1.54, 1.807) is 45.2 Å². The van der Waals surface area contributed by atoms with Gasteiger partial charge in [0.2, 0.25) is 5.91 Å². The highest BCUT2D eigenvalue weighted by Gasteiger charge is 2.49. The third-order valence-electron chi connectivity index (χ3n) is 5.64. The van der Waals surface area contributed by atoms with Gasteiger partial charge in [0, 0.05) is 25.2 Å². The van der Waals surface area contributed by atoms with Crippen LogP contribution in [0.4, 0.5) is 4.79 Å². The zero-order chi connectivity index (χ0) is 22.2. The maximum atomic E-state index is 13.5. The van der Waals surface area contributed by atoms with E-state index >= 15 is 0 Å². The van der Waals surface area contributed by atoms with Gasteiger partial charge in [-0.3, -0.25) is 14.5 Å². The summed E-state index contributed by atoms with van der Waals surface area (Å²) in [6.07, 6.45) is 0. The normalized spacial score (nSPS) is 19.4. The Balaban J connectivity index is 1.88. The van der Waals surface area contributed by atoms with Gasteiger partial charge in [0.15, 0.2) is 0 Å². The average molecular weight is 434 g/mol. The summed E-state index contributed by atoms with van der Waals surface area (Å²) >= 11 is 5.99. The van der Waals surface area contributed by atoms with Crippen molar-refractivity contribution in [3.05, 3.63) is 46.1 Å². The first kappa shape index (κ1) is 22.1. The van der Waals surface area contributed by atoms with E-state index in [2.05, 4.69) is 10.6 Å². The molecule has 0 unspecified atom stereocenters. The summed E-state index contributed by atoms with van der Waals surface area (Å²) in [4.78, 5) is 43.8. The van der Waals surface area contributed by atoms with Gasteiger partial charge in [-0.05, 0) is 45.6 Å². The van der Waals surface area contributed by atoms with Crippen molar-refractivity contribution < 1.29 is 14.4 Å². The first-order valence-electron chi connectivity index (χ1n) is 9.81. The molecule has 0 saturated heterocycles. The summed E-state index contributed by atoms with van der Waals surface area (Å²) in [6.45, 7) is 4.82. The van der Waals surface area contributed by atoms with Gasteiger partial charge in [-0.1, -0.05) is 23.7 Å². The number of carbonyl (C=O) groups is 3. The van der Waals surface area contributed by atoms with Crippen molar-refractivity contribution >= 4 is 29.4 Å². The van der Waals surface area contributed by atoms with Gasteiger partial charge in [0.1, 0.15) is 5.54 Å². The molecule has 0 bridgehead atoms. The number of hydrogen-bond acceptors (Lipinski definition) is 4. The van der Waals surface area contributed by atoms with Gasteiger partial charge in [-0.2, -0.15) is 0 Å². The molecule has 2 heterocycles. The van der Waals surface area contributed by atoms with Crippen LogP contribution in [0.1, 0.15) is 25.5 Å². The summed E-state index contributed by atoms with van der Waals surface area (Å²) in [7, 11) is 5.48. The van der Waals surface area contributed by atoms with Crippen LogP contribution >= 0.6 is 11.6 Å². The lowest BCUT2D eigenvalue weighted by molar-refractivity contribution is -0.141. The molecule has 1 aromatic carbocycles. The smallest absolute Gasteiger partial charge is 0.322 e. The number of halogens is 1. The van der Waals surface area contributed by atoms with Crippen molar-refractivity contribution in [3.8, 4) is 0 Å². The molecule has 0 spiro atoms. The molecule has 2 N–H and O–H groups in total. The number of benzene rings is 1. The lowest BCUT2D eigenvalue weighted by Gasteiger charge is -2.34. The van der Waals surface area contributed by atoms with Crippen LogP contribution < -0.4 is 10.6 Å². The SMILES string of the molecule is CN(C)CCNC(=O)C(C)(C)N1CC2=C(C1=O)[C@@H](c1ccc(Cl)cc1)NC(=O)N2C. The Morgan fingerprint density at radius 2 is 1.90 bits per heavy atom. The zero-order valence-electron chi connectivity index (χ0n) is 18.0. The van der Waals surface area contributed by atoms with E-state index < -0.39 is 11.6 Å². The van der Waals surface area contributed by atoms with Crippen molar-refractivity contribution in [2.45, 2.75) is 25.4 Å². The zero-order valence-corrected chi connectivity index (χ0v) is 18.7. The van der Waals surface area contributed by atoms with Crippen LogP contribution in [0.3, 0.4) is 0 Å². The van der Waals surface area contributed by atoms with Crippen LogP contribution in [-0.4, -0.2) is 78.9 Å². The number of nitrogens with one attached hydrogen (secondary N) is 2. The van der Waals surface area contributed by atoms with Crippen molar-refractivity contribution in [2.75, 3.05) is 40.8 Å². The summed E-state index contributed by atoms with van der Waals surface area (Å²) in [5.41, 5.74) is 0.776. The number of urea groups is 1. The molecule has 1 atom stereocenters. The second-order valence-electron chi connectivity index (χ2n) is 8.36. The Labute approximate surface area is 181 Å². The summed E-state index contributed by atoms with van der Waals surface area (Å²) in [6, 6.07) is 6.14. The fraction of sp³-hybridized carbons (Fsp3) is 0.476. The number of likely N-dealkylation sites (N-methyl/N-ethyl adjacent to an activating group) is 2. The molecule has 8 nitrogen and oxygen atoms in total. The predicted molar refractivity (Wildman–Crippen MR) is 115 cm³/mol. The number of amides is 4. The van der Waals surface area contributed by atoms with Gasteiger partial charge < -0.3 is 20.4 Å². The highest BCUT2D eigenvalue weighted by atomic mass is 35.5. The largest absolute Gasteiger partial charge is 0.353 e. The van der Waals surface area contributed by atoms with Crippen molar-refractivity contribution in [2.24, 2.45) is 0 Å². The Morgan fingerprint density at radius 1 is 1.27 bits per heavy atom. The van der Waals surface area contributed by atoms with Crippen molar-refractivity contribution in [1.29, 1.82) is 0 Å². The number of rotatable bonds is 6. The molecule has 0 radical (unpaired) electrons. The summed E-state index contributed by atoms with van der Waals surface area (Å²) in [5, 5.41) is 6.35. The van der Waals surface area contributed by atoms with E-state index in [0.29, 0.717) is 29.4 Å². The Bertz CT molecular complexity index is 894. The number of carbonyl (C=O) groups excluding carboxylic acids is 3. The van der Waals surface area contributed by atoms with Crippen LogP contribution in [0.5, 0.6) is 0 Å². The average Bonchev–Trinajstić information content (AvgIpc) is 3.03. The molecule has 4 amide bonds. The van der Waals surface area contributed by atoms with Crippen LogP contribution in [0.15, 0.2) is 35.5 Å². The standard InChI is InChI=1S/C21H28ClN5O3/c1-21(2,19(29)23-10-11-25(3)4)27-12-15-16(18(27)28)17(24-20(30)26(15)5)13-6-8-14(22)9-7-13/h6-9,17H,10-12H2,1-5H3,(H,23,29)(H,24,30)/t17-/m1/s1. The van der Waals surface area contributed by atoms with Crippen LogP contribution in [0.2, 0.25) is 5.02 Å². The Hall–Kier alpha value is -2.58. The van der Waals surface area contributed by atoms with Crippen molar-refractivity contribution in [3.63, 3.8) is 0 Å².